The van der Waals surface area contributed by atoms with Crippen LogP contribution in [0.2, 0.25) is 0 Å². The lowest BCUT2D eigenvalue weighted by Gasteiger charge is -2.45. The summed E-state index contributed by atoms with van der Waals surface area (Å²) in [6.07, 6.45) is 2.24. The van der Waals surface area contributed by atoms with Gasteiger partial charge in [-0.1, -0.05) is 25.1 Å². The molecule has 2 atom stereocenters. The number of amides is 3. The lowest BCUT2D eigenvalue weighted by atomic mass is 9.89. The zero-order valence-corrected chi connectivity index (χ0v) is 27.0. The minimum Gasteiger partial charge on any atom is -0.497 e. The van der Waals surface area contributed by atoms with Crippen LogP contribution in [0, 0.1) is 13.8 Å². The fourth-order valence-corrected chi connectivity index (χ4v) is 4.88. The number of benzene rings is 2. The Morgan fingerprint density at radius 2 is 1.63 bits per heavy atom. The van der Waals surface area contributed by atoms with Crippen molar-refractivity contribution >= 4 is 35.4 Å². The summed E-state index contributed by atoms with van der Waals surface area (Å²) in [6.45, 7) is 15.2. The number of hydrogen-bond donors (Lipinski definition) is 2. The summed E-state index contributed by atoms with van der Waals surface area (Å²) in [5, 5.41) is 5.83. The smallest absolute Gasteiger partial charge is 0.408 e. The zero-order chi connectivity index (χ0) is 31.0. The first-order valence-electron chi connectivity index (χ1n) is 14.0. The van der Waals surface area contributed by atoms with Gasteiger partial charge in [-0.05, 0) is 114 Å². The lowest BCUT2D eigenvalue weighted by molar-refractivity contribution is -0.147. The Morgan fingerprint density at radius 3 is 2.17 bits per heavy atom. The normalized spacial score (nSPS) is 13.1. The van der Waals surface area contributed by atoms with Crippen LogP contribution in [0.15, 0.2) is 42.5 Å². The molecular formula is C32H47N3O5S. The number of nitrogens with zero attached hydrogens (tertiary/aromatic N) is 1. The third kappa shape index (κ3) is 9.42. The maximum Gasteiger partial charge on any atom is 0.408 e. The van der Waals surface area contributed by atoms with Gasteiger partial charge in [0.25, 0.3) is 5.91 Å². The number of methoxy groups -OCH3 is 1. The standard InChI is InChI=1S/C32H47N3O5S/c1-11-32(7,8)35(29(37)26(19-20-41-10)34-30(38)40-31(4,5)6)27(25-14-12-13-21(2)22(25)3)28(36)33-23-15-17-24(39-9)18-16-23/h12-18,26-27H,11,19-20H2,1-10H3,(H,33,36)(H,34,38). The molecule has 0 aliphatic heterocycles. The highest BCUT2D eigenvalue weighted by Gasteiger charge is 2.43. The van der Waals surface area contributed by atoms with Crippen LogP contribution < -0.4 is 15.4 Å². The van der Waals surface area contributed by atoms with Gasteiger partial charge in [0, 0.05) is 11.2 Å². The van der Waals surface area contributed by atoms with Crippen molar-refractivity contribution in [3.05, 3.63) is 59.2 Å². The number of nitrogens with one attached hydrogen (secondary N) is 2. The maximum absolute atomic E-state index is 14.6. The largest absolute Gasteiger partial charge is 0.497 e. The average molecular weight is 586 g/mol. The number of ether oxygens (including phenoxy) is 2. The van der Waals surface area contributed by atoms with Crippen LogP contribution in [0.1, 0.15) is 77.1 Å². The number of hydrogen-bond acceptors (Lipinski definition) is 6. The second-order valence-corrected chi connectivity index (χ2v) is 12.7. The maximum atomic E-state index is 14.6. The molecule has 0 saturated heterocycles. The van der Waals surface area contributed by atoms with E-state index >= 15 is 0 Å². The molecule has 2 unspecified atom stereocenters. The first kappa shape index (κ1) is 34.0. The molecule has 2 N–H and O–H groups in total. The second-order valence-electron chi connectivity index (χ2n) is 11.8. The van der Waals surface area contributed by atoms with E-state index in [2.05, 4.69) is 10.6 Å². The topological polar surface area (TPSA) is 97.0 Å². The Bertz CT molecular complexity index is 1190. The van der Waals surface area contributed by atoms with Crippen molar-refractivity contribution in [2.24, 2.45) is 0 Å². The molecule has 0 aliphatic rings. The predicted octanol–water partition coefficient (Wildman–Crippen LogP) is 6.66. The number of aryl methyl sites for hydroxylation is 1. The van der Waals surface area contributed by atoms with Crippen molar-refractivity contribution in [3.63, 3.8) is 0 Å². The third-order valence-corrected chi connectivity index (χ3v) is 7.80. The summed E-state index contributed by atoms with van der Waals surface area (Å²) >= 11 is 1.58. The highest BCUT2D eigenvalue weighted by atomic mass is 32.2. The highest BCUT2D eigenvalue weighted by molar-refractivity contribution is 7.98. The van der Waals surface area contributed by atoms with Gasteiger partial charge >= 0.3 is 6.09 Å². The average Bonchev–Trinajstić information content (AvgIpc) is 2.90. The molecule has 0 fully saturated rings. The van der Waals surface area contributed by atoms with E-state index in [-0.39, 0.29) is 11.8 Å². The van der Waals surface area contributed by atoms with Crippen LogP contribution >= 0.6 is 11.8 Å². The fourth-order valence-electron chi connectivity index (χ4n) is 4.41. The predicted molar refractivity (Wildman–Crippen MR) is 168 cm³/mol. The van der Waals surface area contributed by atoms with Crippen molar-refractivity contribution in [2.75, 3.05) is 24.4 Å². The molecule has 2 aromatic carbocycles. The van der Waals surface area contributed by atoms with E-state index in [4.69, 9.17) is 9.47 Å². The number of anilines is 1. The van der Waals surface area contributed by atoms with E-state index in [1.54, 1.807) is 68.8 Å². The lowest BCUT2D eigenvalue weighted by Crippen LogP contribution is -2.59. The van der Waals surface area contributed by atoms with E-state index in [0.717, 1.165) is 16.7 Å². The summed E-state index contributed by atoms with van der Waals surface area (Å²) in [5.41, 5.74) is 1.79. The van der Waals surface area contributed by atoms with Crippen LogP contribution in [0.5, 0.6) is 5.75 Å². The molecule has 2 rings (SSSR count). The minimum absolute atomic E-state index is 0.340. The van der Waals surface area contributed by atoms with Crippen molar-refractivity contribution < 1.29 is 23.9 Å². The summed E-state index contributed by atoms with van der Waals surface area (Å²) in [6, 6.07) is 11.0. The Hall–Kier alpha value is -3.20. The molecule has 0 saturated carbocycles. The second kappa shape index (κ2) is 14.6. The molecule has 226 valence electrons. The van der Waals surface area contributed by atoms with Gasteiger partial charge in [-0.2, -0.15) is 11.8 Å². The molecule has 41 heavy (non-hydrogen) atoms. The summed E-state index contributed by atoms with van der Waals surface area (Å²) < 4.78 is 10.8. The number of carbonyl (C=O) groups excluding carboxylic acids is 3. The van der Waals surface area contributed by atoms with Gasteiger partial charge < -0.3 is 25.0 Å². The SMILES string of the molecule is CCC(C)(C)N(C(=O)C(CCSC)NC(=O)OC(C)(C)C)C(C(=O)Nc1ccc(OC)cc1)c1cccc(C)c1C. The molecule has 0 heterocycles. The molecule has 0 aliphatic carbocycles. The van der Waals surface area contributed by atoms with Gasteiger partial charge in [-0.15, -0.1) is 0 Å². The van der Waals surface area contributed by atoms with Crippen LogP contribution in [0.25, 0.3) is 0 Å². The molecular weight excluding hydrogens is 538 g/mol. The van der Waals surface area contributed by atoms with Crippen molar-refractivity contribution in [1.29, 1.82) is 0 Å². The van der Waals surface area contributed by atoms with Gasteiger partial charge in [0.15, 0.2) is 0 Å². The zero-order valence-electron chi connectivity index (χ0n) is 26.2. The quantitative estimate of drug-likeness (QED) is 0.289. The Balaban J connectivity index is 2.66. The van der Waals surface area contributed by atoms with Crippen molar-refractivity contribution in [2.45, 2.75) is 91.5 Å². The number of carbonyl (C=O) groups is 3. The molecule has 0 radical (unpaired) electrons. The van der Waals surface area contributed by atoms with Gasteiger partial charge in [0.05, 0.1) is 7.11 Å². The van der Waals surface area contributed by atoms with Crippen LogP contribution in [0.4, 0.5) is 10.5 Å². The fraction of sp³-hybridized carbons (Fsp3) is 0.531. The van der Waals surface area contributed by atoms with Gasteiger partial charge in [0.2, 0.25) is 5.91 Å². The molecule has 9 heteroatoms. The van der Waals surface area contributed by atoms with Gasteiger partial charge in [-0.25, -0.2) is 4.79 Å². The van der Waals surface area contributed by atoms with E-state index in [0.29, 0.717) is 30.0 Å². The molecule has 0 aromatic heterocycles. The molecule has 3 amide bonds. The number of rotatable bonds is 12. The summed E-state index contributed by atoms with van der Waals surface area (Å²) in [4.78, 5) is 43.3. The monoisotopic (exact) mass is 585 g/mol. The first-order chi connectivity index (χ1) is 19.1. The van der Waals surface area contributed by atoms with E-state index < -0.39 is 29.3 Å². The Kier molecular flexibility index (Phi) is 12.1. The summed E-state index contributed by atoms with van der Waals surface area (Å²) in [7, 11) is 1.58. The first-order valence-corrected chi connectivity index (χ1v) is 15.4. The molecule has 0 spiro atoms. The van der Waals surface area contributed by atoms with E-state index in [1.807, 2.05) is 59.1 Å². The molecule has 2 aromatic rings. The van der Waals surface area contributed by atoms with E-state index in [9.17, 15) is 14.4 Å². The summed E-state index contributed by atoms with van der Waals surface area (Å²) in [5.74, 6) is 0.619. The Morgan fingerprint density at radius 1 is 1.00 bits per heavy atom. The van der Waals surface area contributed by atoms with Crippen LogP contribution in [-0.4, -0.2) is 59.1 Å². The Labute approximate surface area is 249 Å². The van der Waals surface area contributed by atoms with Gasteiger partial charge in [-0.3, -0.25) is 9.59 Å². The van der Waals surface area contributed by atoms with Crippen molar-refractivity contribution in [1.82, 2.24) is 10.2 Å². The molecule has 8 nitrogen and oxygen atoms in total. The number of thioether (sulfide) groups is 1. The van der Waals surface area contributed by atoms with Gasteiger partial charge in [0.1, 0.15) is 23.4 Å². The van der Waals surface area contributed by atoms with E-state index in [1.165, 1.54) is 0 Å². The highest BCUT2D eigenvalue weighted by Crippen LogP contribution is 2.35. The number of alkyl carbamates (subject to hydrolysis) is 1. The minimum atomic E-state index is -0.961. The molecule has 0 bridgehead atoms. The van der Waals surface area contributed by atoms with Crippen molar-refractivity contribution in [3.8, 4) is 5.75 Å². The van der Waals surface area contributed by atoms with Crippen LogP contribution in [0.3, 0.4) is 0 Å². The third-order valence-electron chi connectivity index (χ3n) is 7.16. The van der Waals surface area contributed by atoms with Crippen LogP contribution in [-0.2, 0) is 14.3 Å².